The molecule has 0 saturated heterocycles. The number of aromatic nitrogens is 2. The van der Waals surface area contributed by atoms with Crippen molar-refractivity contribution in [2.24, 2.45) is 0 Å². The van der Waals surface area contributed by atoms with Gasteiger partial charge in [-0.3, -0.25) is 0 Å². The molecule has 0 N–H and O–H groups in total. The molecule has 16 heavy (non-hydrogen) atoms. The second kappa shape index (κ2) is 5.23. The smallest absolute Gasteiger partial charge is 0.133 e. The van der Waals surface area contributed by atoms with Crippen molar-refractivity contribution in [2.75, 3.05) is 0 Å². The first kappa shape index (κ1) is 12.0. The summed E-state index contributed by atoms with van der Waals surface area (Å²) < 4.78 is 0. The molecule has 0 aliphatic heterocycles. The highest BCUT2D eigenvalue weighted by atomic mass is 35.5. The second-order valence-corrected chi connectivity index (χ2v) is 5.15. The van der Waals surface area contributed by atoms with Crippen LogP contribution in [0.2, 0.25) is 15.2 Å². The molecule has 0 radical (unpaired) electrons. The van der Waals surface area contributed by atoms with Gasteiger partial charge in [0.05, 0.1) is 10.0 Å². The molecule has 82 valence electrons. The van der Waals surface area contributed by atoms with E-state index in [1.165, 1.54) is 18.1 Å². The Morgan fingerprint density at radius 1 is 0.938 bits per heavy atom. The Kier molecular flexibility index (Phi) is 3.92. The van der Waals surface area contributed by atoms with E-state index in [0.717, 1.165) is 9.92 Å². The van der Waals surface area contributed by atoms with Crippen molar-refractivity contribution in [3.8, 4) is 0 Å². The Bertz CT molecular complexity index is 519. The van der Waals surface area contributed by atoms with Crippen LogP contribution in [-0.2, 0) is 0 Å². The molecule has 1 aromatic heterocycles. The molecule has 1 heterocycles. The standard InChI is InChI=1S/C10H5Cl3N2S/c11-7-2-1-6(3-8(7)12)16-10-4-9(13)14-5-15-10/h1-5H. The van der Waals surface area contributed by atoms with E-state index >= 15 is 0 Å². The van der Waals surface area contributed by atoms with Gasteiger partial charge in [0.1, 0.15) is 16.5 Å². The molecule has 2 rings (SSSR count). The van der Waals surface area contributed by atoms with Crippen LogP contribution >= 0.6 is 46.6 Å². The first-order valence-electron chi connectivity index (χ1n) is 4.25. The quantitative estimate of drug-likeness (QED) is 0.757. The van der Waals surface area contributed by atoms with E-state index in [0.29, 0.717) is 15.2 Å². The highest BCUT2D eigenvalue weighted by Crippen LogP contribution is 2.31. The summed E-state index contributed by atoms with van der Waals surface area (Å²) in [7, 11) is 0. The Labute approximate surface area is 112 Å². The van der Waals surface area contributed by atoms with Crippen molar-refractivity contribution in [3.05, 3.63) is 45.8 Å². The highest BCUT2D eigenvalue weighted by molar-refractivity contribution is 7.99. The molecule has 0 spiro atoms. The Morgan fingerprint density at radius 3 is 2.44 bits per heavy atom. The fourth-order valence-electron chi connectivity index (χ4n) is 1.03. The molecule has 0 aliphatic rings. The number of hydrogen-bond donors (Lipinski definition) is 0. The molecule has 0 atom stereocenters. The van der Waals surface area contributed by atoms with E-state index in [4.69, 9.17) is 34.8 Å². The lowest BCUT2D eigenvalue weighted by molar-refractivity contribution is 1.05. The number of halogens is 3. The van der Waals surface area contributed by atoms with Crippen LogP contribution in [0, 0.1) is 0 Å². The van der Waals surface area contributed by atoms with Crippen LogP contribution in [0.4, 0.5) is 0 Å². The number of hydrogen-bond acceptors (Lipinski definition) is 3. The molecule has 1 aromatic carbocycles. The molecule has 0 amide bonds. The summed E-state index contributed by atoms with van der Waals surface area (Å²) in [5.74, 6) is 0. The molecule has 0 aliphatic carbocycles. The van der Waals surface area contributed by atoms with E-state index in [1.54, 1.807) is 18.2 Å². The normalized spacial score (nSPS) is 10.4. The highest BCUT2D eigenvalue weighted by Gasteiger charge is 2.03. The van der Waals surface area contributed by atoms with Crippen LogP contribution in [0.1, 0.15) is 0 Å². The van der Waals surface area contributed by atoms with E-state index in [1.807, 2.05) is 6.07 Å². The first-order valence-corrected chi connectivity index (χ1v) is 6.20. The predicted molar refractivity (Wildman–Crippen MR) is 67.6 cm³/mol. The maximum atomic E-state index is 5.91. The molecule has 2 nitrogen and oxygen atoms in total. The second-order valence-electron chi connectivity index (χ2n) is 2.86. The molecule has 0 fully saturated rings. The molecule has 0 saturated carbocycles. The Morgan fingerprint density at radius 2 is 1.75 bits per heavy atom. The average Bonchev–Trinajstić information content (AvgIpc) is 2.24. The van der Waals surface area contributed by atoms with Gasteiger partial charge in [-0.15, -0.1) is 0 Å². The molecule has 0 bridgehead atoms. The third-order valence-corrected chi connectivity index (χ3v) is 3.59. The lowest BCUT2D eigenvalue weighted by atomic mass is 10.4. The first-order chi connectivity index (χ1) is 7.65. The number of rotatable bonds is 2. The topological polar surface area (TPSA) is 25.8 Å². The lowest BCUT2D eigenvalue weighted by Gasteiger charge is -2.02. The van der Waals surface area contributed by atoms with Crippen LogP contribution in [0.3, 0.4) is 0 Å². The zero-order valence-corrected chi connectivity index (χ0v) is 10.9. The van der Waals surface area contributed by atoms with Gasteiger partial charge < -0.3 is 0 Å². The number of nitrogens with zero attached hydrogens (tertiary/aromatic N) is 2. The minimum atomic E-state index is 0.414. The van der Waals surface area contributed by atoms with Crippen molar-refractivity contribution >= 4 is 46.6 Å². The summed E-state index contributed by atoms with van der Waals surface area (Å²) in [6.45, 7) is 0. The molecular weight excluding hydrogens is 287 g/mol. The summed E-state index contributed by atoms with van der Waals surface area (Å²) in [4.78, 5) is 8.83. The Hall–Kier alpha value is -0.480. The van der Waals surface area contributed by atoms with Gasteiger partial charge >= 0.3 is 0 Å². The van der Waals surface area contributed by atoms with Gasteiger partial charge in [-0.1, -0.05) is 46.6 Å². The summed E-state index contributed by atoms with van der Waals surface area (Å²) >= 11 is 18.9. The van der Waals surface area contributed by atoms with E-state index in [2.05, 4.69) is 9.97 Å². The summed E-state index contributed by atoms with van der Waals surface area (Å²) in [6, 6.07) is 7.09. The van der Waals surface area contributed by atoms with Crippen molar-refractivity contribution in [3.63, 3.8) is 0 Å². The third-order valence-electron chi connectivity index (χ3n) is 1.72. The van der Waals surface area contributed by atoms with Crippen molar-refractivity contribution in [2.45, 2.75) is 9.92 Å². The maximum absolute atomic E-state index is 5.91. The zero-order chi connectivity index (χ0) is 11.5. The van der Waals surface area contributed by atoms with Gasteiger partial charge in [-0.05, 0) is 18.2 Å². The fraction of sp³-hybridized carbons (Fsp3) is 0. The number of benzene rings is 1. The lowest BCUT2D eigenvalue weighted by Crippen LogP contribution is -1.82. The van der Waals surface area contributed by atoms with Gasteiger partial charge in [0, 0.05) is 11.0 Å². The van der Waals surface area contributed by atoms with Gasteiger partial charge in [0.2, 0.25) is 0 Å². The zero-order valence-electron chi connectivity index (χ0n) is 7.82. The van der Waals surface area contributed by atoms with Crippen molar-refractivity contribution in [1.29, 1.82) is 0 Å². The van der Waals surface area contributed by atoms with Crippen LogP contribution in [0.5, 0.6) is 0 Å². The van der Waals surface area contributed by atoms with Crippen molar-refractivity contribution < 1.29 is 0 Å². The summed E-state index contributed by atoms with van der Waals surface area (Å²) in [5, 5.41) is 2.23. The predicted octanol–water partition coefficient (Wildman–Crippen LogP) is 4.59. The van der Waals surface area contributed by atoms with Crippen LogP contribution in [0.25, 0.3) is 0 Å². The largest absolute Gasteiger partial charge is 0.230 e. The average molecular weight is 292 g/mol. The van der Waals surface area contributed by atoms with Gasteiger partial charge in [-0.2, -0.15) is 0 Å². The van der Waals surface area contributed by atoms with E-state index < -0.39 is 0 Å². The fourth-order valence-corrected chi connectivity index (χ4v) is 2.43. The van der Waals surface area contributed by atoms with Crippen LogP contribution in [0.15, 0.2) is 40.5 Å². The van der Waals surface area contributed by atoms with Crippen LogP contribution in [-0.4, -0.2) is 9.97 Å². The van der Waals surface area contributed by atoms with Crippen LogP contribution < -0.4 is 0 Å². The Balaban J connectivity index is 2.24. The van der Waals surface area contributed by atoms with E-state index in [-0.39, 0.29) is 0 Å². The summed E-state index contributed by atoms with van der Waals surface area (Å²) in [6.07, 6.45) is 1.42. The van der Waals surface area contributed by atoms with Gasteiger partial charge in [0.15, 0.2) is 0 Å². The van der Waals surface area contributed by atoms with Gasteiger partial charge in [0.25, 0.3) is 0 Å². The molecule has 6 heteroatoms. The molecule has 2 aromatic rings. The SMILES string of the molecule is Clc1cc(Sc2ccc(Cl)c(Cl)c2)ncn1. The van der Waals surface area contributed by atoms with Crippen molar-refractivity contribution in [1.82, 2.24) is 9.97 Å². The van der Waals surface area contributed by atoms with Gasteiger partial charge in [-0.25, -0.2) is 9.97 Å². The minimum absolute atomic E-state index is 0.414. The molecular formula is C10H5Cl3N2S. The third kappa shape index (κ3) is 3.01. The minimum Gasteiger partial charge on any atom is -0.230 e. The maximum Gasteiger partial charge on any atom is 0.133 e. The summed E-state index contributed by atoms with van der Waals surface area (Å²) in [5.41, 5.74) is 0. The monoisotopic (exact) mass is 290 g/mol. The molecule has 0 unspecified atom stereocenters. The van der Waals surface area contributed by atoms with E-state index in [9.17, 15) is 0 Å².